The van der Waals surface area contributed by atoms with E-state index in [0.29, 0.717) is 21.5 Å². The number of nitroso groups, excluding NO2 is 1. The molecular weight excluding hydrogens is 144 g/mol. The third-order valence-corrected chi connectivity index (χ3v) is 1.48. The summed E-state index contributed by atoms with van der Waals surface area (Å²) in [6, 6.07) is 0. The van der Waals surface area contributed by atoms with Gasteiger partial charge in [-0.05, 0) is 19.0 Å². The SMILES string of the molecule is Cc1c[n+]([O-])cc(C)c1N=O. The zero-order chi connectivity index (χ0) is 8.43. The average Bonchev–Trinajstić information content (AvgIpc) is 1.85. The molecule has 0 saturated carbocycles. The summed E-state index contributed by atoms with van der Waals surface area (Å²) >= 11 is 0. The first-order valence-corrected chi connectivity index (χ1v) is 3.18. The molecule has 11 heavy (non-hydrogen) atoms. The van der Waals surface area contributed by atoms with Gasteiger partial charge >= 0.3 is 0 Å². The summed E-state index contributed by atoms with van der Waals surface area (Å²) in [7, 11) is 0. The van der Waals surface area contributed by atoms with Crippen molar-refractivity contribution in [2.24, 2.45) is 5.18 Å². The van der Waals surface area contributed by atoms with Crippen LogP contribution in [-0.2, 0) is 0 Å². The second-order valence-electron chi connectivity index (χ2n) is 2.42. The molecule has 0 unspecified atom stereocenters. The van der Waals surface area contributed by atoms with E-state index in [1.54, 1.807) is 13.8 Å². The lowest BCUT2D eigenvalue weighted by molar-refractivity contribution is -0.606. The third kappa shape index (κ3) is 1.34. The minimum Gasteiger partial charge on any atom is -0.619 e. The van der Waals surface area contributed by atoms with Crippen LogP contribution >= 0.6 is 0 Å². The van der Waals surface area contributed by atoms with Crippen LogP contribution in [0.1, 0.15) is 11.1 Å². The van der Waals surface area contributed by atoms with Crippen LogP contribution in [0.4, 0.5) is 5.69 Å². The van der Waals surface area contributed by atoms with E-state index in [0.717, 1.165) is 0 Å². The minimum absolute atomic E-state index is 0.358. The van der Waals surface area contributed by atoms with Crippen molar-refractivity contribution in [1.82, 2.24) is 0 Å². The summed E-state index contributed by atoms with van der Waals surface area (Å²) in [5, 5.41) is 13.6. The molecule has 0 spiro atoms. The molecule has 4 heteroatoms. The van der Waals surface area contributed by atoms with Crippen molar-refractivity contribution in [1.29, 1.82) is 0 Å². The number of aryl methyl sites for hydroxylation is 2. The predicted molar refractivity (Wildman–Crippen MR) is 40.3 cm³/mol. The van der Waals surface area contributed by atoms with Crippen LogP contribution in [0, 0.1) is 24.0 Å². The third-order valence-electron chi connectivity index (χ3n) is 1.48. The van der Waals surface area contributed by atoms with Crippen molar-refractivity contribution in [2.45, 2.75) is 13.8 Å². The summed E-state index contributed by atoms with van der Waals surface area (Å²) in [4.78, 5) is 10.2. The van der Waals surface area contributed by atoms with Gasteiger partial charge in [0.05, 0.1) is 0 Å². The predicted octanol–water partition coefficient (Wildman–Crippen LogP) is 1.33. The van der Waals surface area contributed by atoms with E-state index in [-0.39, 0.29) is 0 Å². The number of hydrogen-bond donors (Lipinski definition) is 0. The molecule has 0 aliphatic rings. The van der Waals surface area contributed by atoms with E-state index in [2.05, 4.69) is 5.18 Å². The zero-order valence-electron chi connectivity index (χ0n) is 6.37. The fraction of sp³-hybridized carbons (Fsp3) is 0.286. The van der Waals surface area contributed by atoms with Gasteiger partial charge in [-0.2, -0.15) is 4.73 Å². The average molecular weight is 152 g/mol. The smallest absolute Gasteiger partial charge is 0.185 e. The van der Waals surface area contributed by atoms with Crippen LogP contribution in [0.5, 0.6) is 0 Å². The monoisotopic (exact) mass is 152 g/mol. The second kappa shape index (κ2) is 2.65. The van der Waals surface area contributed by atoms with Crippen LogP contribution < -0.4 is 4.73 Å². The van der Waals surface area contributed by atoms with E-state index in [1.807, 2.05) is 0 Å². The highest BCUT2D eigenvalue weighted by Gasteiger charge is 2.06. The number of pyridine rings is 1. The topological polar surface area (TPSA) is 56.4 Å². The van der Waals surface area contributed by atoms with Gasteiger partial charge in [0.15, 0.2) is 12.4 Å². The number of hydrogen-bond acceptors (Lipinski definition) is 3. The summed E-state index contributed by atoms with van der Waals surface area (Å²) in [6.07, 6.45) is 2.65. The van der Waals surface area contributed by atoms with Crippen LogP contribution in [0.2, 0.25) is 0 Å². The normalized spacial score (nSPS) is 9.64. The molecule has 0 amide bonds. The maximum atomic E-state index is 10.8. The standard InChI is InChI=1S/C7H8N2O2/c1-5-3-9(11)4-6(2)7(5)8-10/h3-4H,1-2H3. The first-order chi connectivity index (χ1) is 5.15. The van der Waals surface area contributed by atoms with Gasteiger partial charge in [0.25, 0.3) is 0 Å². The molecule has 0 aliphatic carbocycles. The summed E-state index contributed by atoms with van der Waals surface area (Å²) in [5.41, 5.74) is 1.57. The van der Waals surface area contributed by atoms with E-state index < -0.39 is 0 Å². The Hall–Kier alpha value is -1.45. The van der Waals surface area contributed by atoms with Crippen LogP contribution in [-0.4, -0.2) is 0 Å². The molecule has 1 aromatic heterocycles. The quantitative estimate of drug-likeness (QED) is 0.346. The Balaban J connectivity index is 3.36. The van der Waals surface area contributed by atoms with Gasteiger partial charge in [0.2, 0.25) is 0 Å². The van der Waals surface area contributed by atoms with E-state index >= 15 is 0 Å². The Morgan fingerprint density at radius 1 is 1.36 bits per heavy atom. The van der Waals surface area contributed by atoms with Gasteiger partial charge in [0, 0.05) is 11.1 Å². The molecule has 1 heterocycles. The lowest BCUT2D eigenvalue weighted by atomic mass is 10.2. The summed E-state index contributed by atoms with van der Waals surface area (Å²) in [5.74, 6) is 0. The molecule has 1 aromatic rings. The molecule has 0 atom stereocenters. The minimum atomic E-state index is 0.358. The molecule has 0 radical (unpaired) electrons. The maximum absolute atomic E-state index is 10.8. The van der Waals surface area contributed by atoms with Crippen LogP contribution in [0.25, 0.3) is 0 Å². The Bertz CT molecular complexity index is 273. The van der Waals surface area contributed by atoms with E-state index in [9.17, 15) is 10.1 Å². The molecule has 0 aromatic carbocycles. The Morgan fingerprint density at radius 3 is 2.18 bits per heavy atom. The fourth-order valence-corrected chi connectivity index (χ4v) is 0.996. The van der Waals surface area contributed by atoms with Crippen molar-refractivity contribution in [3.8, 4) is 0 Å². The zero-order valence-corrected chi connectivity index (χ0v) is 6.37. The van der Waals surface area contributed by atoms with Crippen LogP contribution in [0.15, 0.2) is 17.6 Å². The number of aromatic nitrogens is 1. The molecule has 0 N–H and O–H groups in total. The van der Waals surface area contributed by atoms with Gasteiger partial charge in [-0.15, -0.1) is 4.91 Å². The largest absolute Gasteiger partial charge is 0.619 e. The van der Waals surface area contributed by atoms with Crippen LogP contribution in [0.3, 0.4) is 0 Å². The van der Waals surface area contributed by atoms with Gasteiger partial charge in [0.1, 0.15) is 5.69 Å². The second-order valence-corrected chi connectivity index (χ2v) is 2.42. The summed E-state index contributed by atoms with van der Waals surface area (Å²) < 4.78 is 0.666. The highest BCUT2D eigenvalue weighted by Crippen LogP contribution is 2.19. The Kier molecular flexibility index (Phi) is 1.85. The molecule has 4 nitrogen and oxygen atoms in total. The fourth-order valence-electron chi connectivity index (χ4n) is 0.996. The van der Waals surface area contributed by atoms with Gasteiger partial charge < -0.3 is 5.21 Å². The molecule has 0 bridgehead atoms. The highest BCUT2D eigenvalue weighted by atomic mass is 16.5. The lowest BCUT2D eigenvalue weighted by Gasteiger charge is -2.00. The Morgan fingerprint density at radius 2 is 1.82 bits per heavy atom. The first kappa shape index (κ1) is 7.65. The molecular formula is C7H8N2O2. The van der Waals surface area contributed by atoms with Crippen molar-refractivity contribution in [3.63, 3.8) is 0 Å². The Labute approximate surface area is 64.0 Å². The van der Waals surface area contributed by atoms with E-state index in [4.69, 9.17) is 0 Å². The maximum Gasteiger partial charge on any atom is 0.185 e. The van der Waals surface area contributed by atoms with Crippen molar-refractivity contribution in [2.75, 3.05) is 0 Å². The number of nitrogens with zero attached hydrogens (tertiary/aromatic N) is 2. The molecule has 58 valence electrons. The van der Waals surface area contributed by atoms with Crippen molar-refractivity contribution < 1.29 is 4.73 Å². The highest BCUT2D eigenvalue weighted by molar-refractivity contribution is 5.48. The molecule has 0 saturated heterocycles. The van der Waals surface area contributed by atoms with Gasteiger partial charge in [-0.25, -0.2) is 0 Å². The van der Waals surface area contributed by atoms with Crippen molar-refractivity contribution in [3.05, 3.63) is 33.6 Å². The first-order valence-electron chi connectivity index (χ1n) is 3.18. The molecule has 0 aliphatic heterocycles. The number of rotatable bonds is 1. The van der Waals surface area contributed by atoms with Gasteiger partial charge in [-0.3, -0.25) is 0 Å². The van der Waals surface area contributed by atoms with E-state index in [1.165, 1.54) is 12.4 Å². The summed E-state index contributed by atoms with van der Waals surface area (Å²) in [6.45, 7) is 3.36. The molecule has 0 fully saturated rings. The lowest BCUT2D eigenvalue weighted by Crippen LogP contribution is -2.25. The van der Waals surface area contributed by atoms with Gasteiger partial charge in [-0.1, -0.05) is 0 Å². The molecule has 1 rings (SSSR count). The van der Waals surface area contributed by atoms with Crippen molar-refractivity contribution >= 4 is 5.69 Å².